The summed E-state index contributed by atoms with van der Waals surface area (Å²) in [6.45, 7) is 8.79. The lowest BCUT2D eigenvalue weighted by Gasteiger charge is -2.21. The van der Waals surface area contributed by atoms with Crippen LogP contribution in [0.25, 0.3) is 0 Å². The van der Waals surface area contributed by atoms with E-state index in [2.05, 4.69) is 68.4 Å². The molecule has 0 aromatic heterocycles. The number of rotatable bonds is 7. The Bertz CT molecular complexity index is 881. The Morgan fingerprint density at radius 3 is 2.47 bits per heavy atom. The van der Waals surface area contributed by atoms with Crippen LogP contribution in [0.15, 0.2) is 59.6 Å². The highest BCUT2D eigenvalue weighted by Gasteiger charge is 2.29. The van der Waals surface area contributed by atoms with Gasteiger partial charge in [0.05, 0.1) is 0 Å². The van der Waals surface area contributed by atoms with Gasteiger partial charge < -0.3 is 21.3 Å². The van der Waals surface area contributed by atoms with Gasteiger partial charge in [0.2, 0.25) is 0 Å². The third-order valence-corrected chi connectivity index (χ3v) is 5.59. The standard InChI is InChI=1S/C25H36N6O/c1-18(2)28-25(32)30-22-12-10-20(11-13-22)15-27-24(26-4)29-23-14-19(3)31(17-23)16-21-8-6-5-7-9-21/h5-13,18-19,23H,14-17H2,1-4H3,(H2,26,27,29)(H2,28,30,32). The Labute approximate surface area is 191 Å². The van der Waals surface area contributed by atoms with Crippen molar-refractivity contribution in [3.05, 3.63) is 65.7 Å². The normalized spacial score (nSPS) is 19.1. The van der Waals surface area contributed by atoms with Crippen LogP contribution in [-0.4, -0.2) is 48.6 Å². The van der Waals surface area contributed by atoms with Gasteiger partial charge in [-0.3, -0.25) is 9.89 Å². The highest BCUT2D eigenvalue weighted by atomic mass is 16.2. The van der Waals surface area contributed by atoms with E-state index in [1.54, 1.807) is 7.05 Å². The van der Waals surface area contributed by atoms with Gasteiger partial charge in [-0.2, -0.15) is 0 Å². The number of benzene rings is 2. The Hall–Kier alpha value is -3.06. The van der Waals surface area contributed by atoms with Gasteiger partial charge in [0.1, 0.15) is 0 Å². The first-order valence-corrected chi connectivity index (χ1v) is 11.3. The number of amides is 2. The van der Waals surface area contributed by atoms with Crippen LogP contribution in [0.1, 0.15) is 38.3 Å². The first-order chi connectivity index (χ1) is 15.4. The summed E-state index contributed by atoms with van der Waals surface area (Å²) in [4.78, 5) is 18.7. The first-order valence-electron chi connectivity index (χ1n) is 11.3. The summed E-state index contributed by atoms with van der Waals surface area (Å²) in [6, 6.07) is 19.3. The van der Waals surface area contributed by atoms with Gasteiger partial charge in [0.25, 0.3) is 0 Å². The fourth-order valence-corrected chi connectivity index (χ4v) is 3.95. The molecule has 4 N–H and O–H groups in total. The molecule has 2 aromatic carbocycles. The van der Waals surface area contributed by atoms with E-state index in [1.165, 1.54) is 5.56 Å². The van der Waals surface area contributed by atoms with E-state index < -0.39 is 0 Å². The second-order valence-electron chi connectivity index (χ2n) is 8.72. The molecule has 2 atom stereocenters. The smallest absolute Gasteiger partial charge is 0.319 e. The zero-order valence-electron chi connectivity index (χ0n) is 19.6. The van der Waals surface area contributed by atoms with Crippen LogP contribution in [0, 0.1) is 0 Å². The van der Waals surface area contributed by atoms with Crippen LogP contribution in [0.5, 0.6) is 0 Å². The van der Waals surface area contributed by atoms with Crippen molar-refractivity contribution in [1.29, 1.82) is 0 Å². The van der Waals surface area contributed by atoms with E-state index in [0.29, 0.717) is 18.6 Å². The third kappa shape index (κ3) is 7.27. The Kier molecular flexibility index (Phi) is 8.50. The predicted octanol–water partition coefficient (Wildman–Crippen LogP) is 3.54. The number of hydrogen-bond donors (Lipinski definition) is 4. The van der Waals surface area contributed by atoms with Gasteiger partial charge in [-0.05, 0) is 50.5 Å². The minimum absolute atomic E-state index is 0.103. The van der Waals surface area contributed by atoms with Crippen molar-refractivity contribution in [1.82, 2.24) is 20.9 Å². The molecule has 3 rings (SSSR count). The highest BCUT2D eigenvalue weighted by Crippen LogP contribution is 2.20. The van der Waals surface area contributed by atoms with Crippen molar-refractivity contribution >= 4 is 17.7 Å². The van der Waals surface area contributed by atoms with E-state index in [9.17, 15) is 4.79 Å². The fourth-order valence-electron chi connectivity index (χ4n) is 3.95. The number of guanidine groups is 1. The molecule has 7 heteroatoms. The minimum Gasteiger partial charge on any atom is -0.352 e. The molecule has 0 saturated carbocycles. The van der Waals surface area contributed by atoms with Crippen LogP contribution in [0.3, 0.4) is 0 Å². The fraction of sp³-hybridized carbons (Fsp3) is 0.440. The quantitative estimate of drug-likeness (QED) is 0.395. The monoisotopic (exact) mass is 436 g/mol. The predicted molar refractivity (Wildman–Crippen MR) is 132 cm³/mol. The Morgan fingerprint density at radius 2 is 1.81 bits per heavy atom. The van der Waals surface area contributed by atoms with Crippen molar-refractivity contribution in [2.24, 2.45) is 4.99 Å². The lowest BCUT2D eigenvalue weighted by Crippen LogP contribution is -2.44. The molecule has 1 heterocycles. The lowest BCUT2D eigenvalue weighted by atomic mass is 10.2. The van der Waals surface area contributed by atoms with Gasteiger partial charge in [-0.25, -0.2) is 4.79 Å². The van der Waals surface area contributed by atoms with Gasteiger partial charge in [0, 0.05) is 50.5 Å². The number of nitrogens with one attached hydrogen (secondary N) is 4. The summed E-state index contributed by atoms with van der Waals surface area (Å²) in [5.74, 6) is 0.808. The molecule has 0 bridgehead atoms. The van der Waals surface area contributed by atoms with Gasteiger partial charge in [0.15, 0.2) is 5.96 Å². The molecule has 32 heavy (non-hydrogen) atoms. The molecule has 1 aliphatic heterocycles. The maximum atomic E-state index is 11.8. The number of likely N-dealkylation sites (tertiary alicyclic amines) is 1. The van der Waals surface area contributed by atoms with E-state index in [0.717, 1.165) is 36.7 Å². The van der Waals surface area contributed by atoms with Crippen LogP contribution < -0.4 is 21.3 Å². The molecule has 1 saturated heterocycles. The molecule has 2 unspecified atom stereocenters. The number of carbonyl (C=O) groups excluding carboxylic acids is 1. The van der Waals surface area contributed by atoms with E-state index in [-0.39, 0.29) is 12.1 Å². The number of nitrogens with zero attached hydrogens (tertiary/aromatic N) is 2. The summed E-state index contributed by atoms with van der Waals surface area (Å²) in [7, 11) is 1.80. The molecule has 0 aliphatic carbocycles. The van der Waals surface area contributed by atoms with Crippen molar-refractivity contribution in [2.45, 2.75) is 58.4 Å². The lowest BCUT2D eigenvalue weighted by molar-refractivity contribution is 0.250. The zero-order valence-corrected chi connectivity index (χ0v) is 19.6. The van der Waals surface area contributed by atoms with Crippen molar-refractivity contribution in [3.8, 4) is 0 Å². The van der Waals surface area contributed by atoms with Crippen molar-refractivity contribution in [3.63, 3.8) is 0 Å². The topological polar surface area (TPSA) is 80.8 Å². The average molecular weight is 437 g/mol. The minimum atomic E-state index is -0.192. The third-order valence-electron chi connectivity index (χ3n) is 5.59. The SMILES string of the molecule is CN=C(NCc1ccc(NC(=O)NC(C)C)cc1)NC1CC(C)N(Cc2ccccc2)C1. The summed E-state index contributed by atoms with van der Waals surface area (Å²) < 4.78 is 0. The largest absolute Gasteiger partial charge is 0.352 e. The number of aliphatic imine (C=N–C) groups is 1. The van der Waals surface area contributed by atoms with Gasteiger partial charge >= 0.3 is 6.03 Å². The number of carbonyl (C=O) groups is 1. The molecule has 2 amide bonds. The van der Waals surface area contributed by atoms with Crippen LogP contribution in [0.2, 0.25) is 0 Å². The summed E-state index contributed by atoms with van der Waals surface area (Å²) in [5, 5.41) is 12.6. The van der Waals surface area contributed by atoms with Crippen LogP contribution in [0.4, 0.5) is 10.5 Å². The first kappa shape index (κ1) is 23.6. The summed E-state index contributed by atoms with van der Waals surface area (Å²) in [5.41, 5.74) is 3.24. The second kappa shape index (κ2) is 11.5. The molecular formula is C25H36N6O. The maximum absolute atomic E-state index is 11.8. The molecule has 1 aliphatic rings. The Morgan fingerprint density at radius 1 is 1.09 bits per heavy atom. The average Bonchev–Trinajstić information content (AvgIpc) is 3.10. The van der Waals surface area contributed by atoms with E-state index in [4.69, 9.17) is 0 Å². The zero-order chi connectivity index (χ0) is 22.9. The second-order valence-corrected chi connectivity index (χ2v) is 8.72. The molecular weight excluding hydrogens is 400 g/mol. The molecule has 2 aromatic rings. The van der Waals surface area contributed by atoms with Crippen LogP contribution in [-0.2, 0) is 13.1 Å². The van der Waals surface area contributed by atoms with E-state index >= 15 is 0 Å². The van der Waals surface area contributed by atoms with E-state index in [1.807, 2.05) is 38.1 Å². The summed E-state index contributed by atoms with van der Waals surface area (Å²) >= 11 is 0. The van der Waals surface area contributed by atoms with Crippen molar-refractivity contribution < 1.29 is 4.79 Å². The van der Waals surface area contributed by atoms with Crippen molar-refractivity contribution in [2.75, 3.05) is 18.9 Å². The number of urea groups is 1. The number of anilines is 1. The van der Waals surface area contributed by atoms with Gasteiger partial charge in [-0.15, -0.1) is 0 Å². The van der Waals surface area contributed by atoms with Gasteiger partial charge in [-0.1, -0.05) is 42.5 Å². The highest BCUT2D eigenvalue weighted by molar-refractivity contribution is 5.89. The molecule has 1 fully saturated rings. The number of hydrogen-bond acceptors (Lipinski definition) is 3. The molecule has 7 nitrogen and oxygen atoms in total. The molecule has 172 valence electrons. The Balaban J connectivity index is 1.45. The maximum Gasteiger partial charge on any atom is 0.319 e. The molecule has 0 radical (unpaired) electrons. The van der Waals surface area contributed by atoms with Crippen LogP contribution >= 0.6 is 0 Å². The summed E-state index contributed by atoms with van der Waals surface area (Å²) in [6.07, 6.45) is 1.09. The molecule has 0 spiro atoms.